The Morgan fingerprint density at radius 1 is 0.705 bits per heavy atom. The molecule has 0 aromatic carbocycles. The fraction of sp³-hybridized carbons (Fsp3) is 0.216. The van der Waals surface area contributed by atoms with Gasteiger partial charge < -0.3 is 26.0 Å². The zero-order chi connectivity index (χ0) is 46.9. The van der Waals surface area contributed by atoms with Crippen molar-refractivity contribution >= 4 is 120 Å². The minimum atomic E-state index is -1.12. The minimum absolute atomic E-state index is 0.00231. The Kier molecular flexibility index (Phi) is 22.2. The number of nitrogen functional groups attached to an aromatic ring is 2. The molecule has 0 unspecified atom stereocenters. The maximum Gasteiger partial charge on any atom is 0.350 e. The summed E-state index contributed by atoms with van der Waals surface area (Å²) < 4.78 is 60.4. The SMILES string of the molecule is CC.COC(=O)CS.COC(=O)c1sc2nc(C)c(F)cc2c1N.Cc1nc(Cl)c(C#N)cc1F.Cc1nc2sc(C(=O)O)c(N)c2cc1F.N#Cc1cc(F)c(Cl)nc1Cl. The van der Waals surface area contributed by atoms with Crippen LogP contribution in [-0.2, 0) is 14.3 Å². The summed E-state index contributed by atoms with van der Waals surface area (Å²) in [5, 5.41) is 26.0. The number of aryl methyl sites for hydroxylation is 3. The minimum Gasteiger partial charge on any atom is -0.477 e. The number of nitriles is 2. The van der Waals surface area contributed by atoms with Gasteiger partial charge in [0.1, 0.15) is 59.3 Å². The number of halogens is 7. The second kappa shape index (κ2) is 25.3. The fourth-order valence-corrected chi connectivity index (χ4v) is 6.55. The number of aromatic nitrogens is 4. The van der Waals surface area contributed by atoms with Gasteiger partial charge in [0.15, 0.2) is 11.0 Å². The highest BCUT2D eigenvalue weighted by atomic mass is 35.5. The maximum atomic E-state index is 13.3. The van der Waals surface area contributed by atoms with Gasteiger partial charge in [0, 0.05) is 10.8 Å². The molecular weight excluding hydrogens is 931 g/mol. The van der Waals surface area contributed by atoms with Gasteiger partial charge in [0.05, 0.1) is 59.6 Å². The Morgan fingerprint density at radius 3 is 1.49 bits per heavy atom. The van der Waals surface area contributed by atoms with Crippen molar-refractivity contribution in [1.82, 2.24) is 19.9 Å². The van der Waals surface area contributed by atoms with Gasteiger partial charge in [-0.05, 0) is 45.0 Å². The smallest absolute Gasteiger partial charge is 0.350 e. The summed E-state index contributed by atoms with van der Waals surface area (Å²) in [5.74, 6) is -3.95. The van der Waals surface area contributed by atoms with Crippen molar-refractivity contribution in [3.63, 3.8) is 0 Å². The van der Waals surface area contributed by atoms with Crippen LogP contribution < -0.4 is 11.5 Å². The number of thiol groups is 1. The zero-order valence-electron chi connectivity index (χ0n) is 32.8. The molecule has 0 spiro atoms. The van der Waals surface area contributed by atoms with Gasteiger partial charge in [-0.15, -0.1) is 22.7 Å². The second-order valence-electron chi connectivity index (χ2n) is 10.8. The molecule has 0 amide bonds. The number of nitrogens with two attached hydrogens (primary N) is 2. The lowest BCUT2D eigenvalue weighted by molar-refractivity contribution is -0.137. The summed E-state index contributed by atoms with van der Waals surface area (Å²) in [6.07, 6.45) is 0. The number of carbonyl (C=O) groups is 3. The molecule has 14 nitrogen and oxygen atoms in total. The Bertz CT molecular complexity index is 2570. The molecule has 0 radical (unpaired) electrons. The number of carboxylic acid groups (broad SMARTS) is 1. The predicted octanol–water partition coefficient (Wildman–Crippen LogP) is 9.71. The third kappa shape index (κ3) is 14.8. The third-order valence-electron chi connectivity index (χ3n) is 6.85. The average Bonchev–Trinajstić information content (AvgIpc) is 3.73. The van der Waals surface area contributed by atoms with Gasteiger partial charge in [-0.25, -0.2) is 47.1 Å². The lowest BCUT2D eigenvalue weighted by Gasteiger charge is -1.96. The quantitative estimate of drug-likeness (QED) is 0.0559. The molecule has 61 heavy (non-hydrogen) atoms. The van der Waals surface area contributed by atoms with Crippen molar-refractivity contribution in [2.24, 2.45) is 0 Å². The van der Waals surface area contributed by atoms with E-state index in [0.717, 1.165) is 34.8 Å². The Balaban J connectivity index is 0.000000388. The van der Waals surface area contributed by atoms with E-state index in [1.165, 1.54) is 40.2 Å². The first-order chi connectivity index (χ1) is 28.6. The number of aromatic carboxylic acids is 1. The fourth-order valence-electron chi connectivity index (χ4n) is 3.83. The highest BCUT2D eigenvalue weighted by molar-refractivity contribution is 7.81. The van der Waals surface area contributed by atoms with Gasteiger partial charge in [0.2, 0.25) is 0 Å². The van der Waals surface area contributed by atoms with Crippen LogP contribution in [-0.4, -0.2) is 62.9 Å². The number of hydrogen-bond acceptors (Lipinski definition) is 16. The van der Waals surface area contributed by atoms with Gasteiger partial charge >= 0.3 is 17.9 Å². The number of carboxylic acids is 1. The molecule has 0 saturated heterocycles. The normalized spacial score (nSPS) is 9.66. The molecule has 6 aromatic rings. The number of nitrogens with zero attached hydrogens (tertiary/aromatic N) is 6. The van der Waals surface area contributed by atoms with Crippen LogP contribution in [0.1, 0.15) is 61.4 Å². The molecule has 0 aliphatic rings. The van der Waals surface area contributed by atoms with Crippen LogP contribution in [0.15, 0.2) is 24.3 Å². The van der Waals surface area contributed by atoms with Crippen LogP contribution in [0.2, 0.25) is 15.5 Å². The molecule has 324 valence electrons. The van der Waals surface area contributed by atoms with Crippen molar-refractivity contribution < 1.29 is 46.5 Å². The van der Waals surface area contributed by atoms with Crippen molar-refractivity contribution in [3.8, 4) is 12.1 Å². The highest BCUT2D eigenvalue weighted by Crippen LogP contribution is 2.34. The van der Waals surface area contributed by atoms with Crippen molar-refractivity contribution in [2.45, 2.75) is 34.6 Å². The first-order valence-electron chi connectivity index (χ1n) is 16.5. The van der Waals surface area contributed by atoms with E-state index in [1.54, 1.807) is 19.1 Å². The number of hydrogen-bond donors (Lipinski definition) is 4. The van der Waals surface area contributed by atoms with E-state index in [0.29, 0.717) is 20.4 Å². The second-order valence-corrected chi connectivity index (χ2v) is 14.1. The van der Waals surface area contributed by atoms with Crippen LogP contribution in [0.5, 0.6) is 0 Å². The number of fused-ring (bicyclic) bond motifs is 2. The van der Waals surface area contributed by atoms with Crippen LogP contribution in [0.25, 0.3) is 20.4 Å². The third-order valence-corrected chi connectivity index (χ3v) is 10.2. The van der Waals surface area contributed by atoms with E-state index >= 15 is 0 Å². The number of anilines is 2. The predicted molar refractivity (Wildman–Crippen MR) is 231 cm³/mol. The molecule has 0 atom stereocenters. The number of pyridine rings is 4. The van der Waals surface area contributed by atoms with Crippen LogP contribution in [0.3, 0.4) is 0 Å². The number of carbonyl (C=O) groups excluding carboxylic acids is 2. The molecule has 0 fully saturated rings. The summed E-state index contributed by atoms with van der Waals surface area (Å²) in [5.41, 5.74) is 12.4. The van der Waals surface area contributed by atoms with Crippen molar-refractivity contribution in [3.05, 3.63) is 101 Å². The first-order valence-corrected chi connectivity index (χ1v) is 19.9. The number of rotatable bonds is 3. The molecule has 0 saturated carbocycles. The van der Waals surface area contributed by atoms with Crippen molar-refractivity contribution in [2.75, 3.05) is 31.4 Å². The monoisotopic (exact) mass is 962 g/mol. The Morgan fingerprint density at radius 2 is 1.10 bits per heavy atom. The molecule has 6 rings (SSSR count). The van der Waals surface area contributed by atoms with Gasteiger partial charge in [0.25, 0.3) is 0 Å². The standard InChI is InChI=1S/C10H9FN2O2S.C9H7FN2O2S.C7H4ClFN2.C6HCl2FN2.C3H6O2S.C2H6/c1-4-6(11)3-5-7(12)8(10(14)15-2)16-9(5)13-4;1-3-5(10)2-4-6(11)7(9(13)14)15-8(4)12-3;1-4-6(9)2-5(3-10)7(8)11-4;7-5-3(2-10)1-4(9)6(8)11-5;1-5-3(4)2-6;1-2/h3H,12H2,1-2H3;2H,11H2,1H3,(H,13,14);2H,1H3;1H;6H,2H2,1H3;1-2H3. The van der Waals surface area contributed by atoms with E-state index in [2.05, 4.69) is 42.0 Å². The van der Waals surface area contributed by atoms with Gasteiger partial charge in [-0.2, -0.15) is 23.2 Å². The average molecular weight is 964 g/mol. The summed E-state index contributed by atoms with van der Waals surface area (Å²) in [4.78, 5) is 48.2. The number of thiophene rings is 2. The molecule has 24 heteroatoms. The molecule has 6 aromatic heterocycles. The molecule has 6 heterocycles. The van der Waals surface area contributed by atoms with Gasteiger partial charge in [-0.1, -0.05) is 48.7 Å². The number of esters is 2. The van der Waals surface area contributed by atoms with E-state index in [9.17, 15) is 31.9 Å². The summed E-state index contributed by atoms with van der Waals surface area (Å²) in [7, 11) is 2.60. The summed E-state index contributed by atoms with van der Waals surface area (Å²) >= 11 is 21.9. The Labute approximate surface area is 374 Å². The zero-order valence-corrected chi connectivity index (χ0v) is 37.5. The van der Waals surface area contributed by atoms with Crippen LogP contribution in [0.4, 0.5) is 28.9 Å². The van der Waals surface area contributed by atoms with Gasteiger partial charge in [-0.3, -0.25) is 4.79 Å². The van der Waals surface area contributed by atoms with Crippen molar-refractivity contribution in [1.29, 1.82) is 10.5 Å². The number of ether oxygens (including phenoxy) is 2. The largest absolute Gasteiger partial charge is 0.477 e. The van der Waals surface area contributed by atoms with E-state index in [1.807, 2.05) is 13.8 Å². The summed E-state index contributed by atoms with van der Waals surface area (Å²) in [6, 6.07) is 7.92. The van der Waals surface area contributed by atoms with E-state index in [-0.39, 0.29) is 76.5 Å². The topological polar surface area (TPSA) is 241 Å². The lowest BCUT2D eigenvalue weighted by atomic mass is 10.2. The van der Waals surface area contributed by atoms with E-state index < -0.39 is 35.2 Å². The highest BCUT2D eigenvalue weighted by Gasteiger charge is 2.19. The number of methoxy groups -OCH3 is 2. The molecule has 0 aliphatic carbocycles. The molecule has 0 bridgehead atoms. The van der Waals surface area contributed by atoms with E-state index in [4.69, 9.17) is 61.9 Å². The molecule has 0 aliphatic heterocycles. The summed E-state index contributed by atoms with van der Waals surface area (Å²) in [6.45, 7) is 8.57. The lowest BCUT2D eigenvalue weighted by Crippen LogP contribution is -2.01. The van der Waals surface area contributed by atoms with Crippen LogP contribution >= 0.6 is 70.1 Å². The van der Waals surface area contributed by atoms with Crippen LogP contribution in [0, 0.1) is 66.7 Å². The first kappa shape index (κ1) is 53.5. The maximum absolute atomic E-state index is 13.3. The molecule has 5 N–H and O–H groups in total. The Hall–Kier alpha value is -5.55. The molecular formula is C37H33Cl3F4N8O6S3.